The van der Waals surface area contributed by atoms with Gasteiger partial charge in [0.15, 0.2) is 10.3 Å². The second-order valence-corrected chi connectivity index (χ2v) is 3.93. The molecule has 0 aromatic carbocycles. The third kappa shape index (κ3) is 2.89. The second-order valence-electron chi connectivity index (χ2n) is 2.23. The lowest BCUT2D eigenvalue weighted by Gasteiger charge is -1.94. The average molecular weight is 206 g/mol. The minimum Gasteiger partial charge on any atom is -0.377 e. The number of ether oxygens (including phenoxy) is 1. The van der Waals surface area contributed by atoms with Crippen molar-refractivity contribution in [3.63, 3.8) is 0 Å². The Morgan fingerprint density at radius 2 is 2.58 bits per heavy atom. The molecule has 5 heteroatoms. The number of hydrogen-bond donors (Lipinski definition) is 0. The predicted molar refractivity (Wildman–Crippen MR) is 47.7 cm³/mol. The summed E-state index contributed by atoms with van der Waals surface area (Å²) in [4.78, 5) is 15.7. The summed E-state index contributed by atoms with van der Waals surface area (Å²) in [5.74, 6) is 0.0396. The maximum absolute atomic E-state index is 11.0. The van der Waals surface area contributed by atoms with Crippen molar-refractivity contribution in [2.75, 3.05) is 13.7 Å². The molecule has 0 fully saturated rings. The first-order chi connectivity index (χ1) is 5.72. The van der Waals surface area contributed by atoms with E-state index in [1.54, 1.807) is 6.20 Å². The van der Waals surface area contributed by atoms with Gasteiger partial charge < -0.3 is 4.74 Å². The number of thiazole rings is 1. The number of carbonyl (C=O) groups excluding carboxylic acids is 1. The maximum atomic E-state index is 11.0. The van der Waals surface area contributed by atoms with Gasteiger partial charge >= 0.3 is 0 Å². The first-order valence-electron chi connectivity index (χ1n) is 3.33. The van der Waals surface area contributed by atoms with E-state index in [2.05, 4.69) is 9.72 Å². The van der Waals surface area contributed by atoms with Crippen LogP contribution in [-0.4, -0.2) is 24.5 Å². The standard InChI is InChI=1S/C7H8ClNO2S/c1-11-4-5(10)2-6-3-9-7(8)12-6/h3H,2,4H2,1H3. The van der Waals surface area contributed by atoms with E-state index in [-0.39, 0.29) is 12.4 Å². The van der Waals surface area contributed by atoms with E-state index in [4.69, 9.17) is 11.6 Å². The van der Waals surface area contributed by atoms with Crippen molar-refractivity contribution in [2.24, 2.45) is 0 Å². The Balaban J connectivity index is 2.46. The number of rotatable bonds is 4. The van der Waals surface area contributed by atoms with E-state index in [0.29, 0.717) is 10.9 Å². The van der Waals surface area contributed by atoms with Crippen LogP contribution in [0.1, 0.15) is 4.88 Å². The highest BCUT2D eigenvalue weighted by Crippen LogP contribution is 2.18. The third-order valence-corrected chi connectivity index (χ3v) is 2.32. The fourth-order valence-electron chi connectivity index (χ4n) is 0.772. The van der Waals surface area contributed by atoms with Gasteiger partial charge in [0.25, 0.3) is 0 Å². The second kappa shape index (κ2) is 4.54. The predicted octanol–water partition coefficient (Wildman–Crippen LogP) is 1.55. The quantitative estimate of drug-likeness (QED) is 0.749. The largest absolute Gasteiger partial charge is 0.377 e. The van der Waals surface area contributed by atoms with Crippen molar-refractivity contribution < 1.29 is 9.53 Å². The van der Waals surface area contributed by atoms with E-state index < -0.39 is 0 Å². The number of aromatic nitrogens is 1. The molecule has 1 aromatic rings. The summed E-state index contributed by atoms with van der Waals surface area (Å²) in [6, 6.07) is 0. The van der Waals surface area contributed by atoms with Crippen molar-refractivity contribution >= 4 is 28.7 Å². The molecular formula is C7H8ClNO2S. The average Bonchev–Trinajstić information content (AvgIpc) is 2.36. The highest BCUT2D eigenvalue weighted by atomic mass is 35.5. The summed E-state index contributed by atoms with van der Waals surface area (Å²) >= 11 is 6.91. The van der Waals surface area contributed by atoms with Crippen molar-refractivity contribution in [1.29, 1.82) is 0 Å². The molecule has 3 nitrogen and oxygen atoms in total. The van der Waals surface area contributed by atoms with Gasteiger partial charge in [0.2, 0.25) is 0 Å². The molecule has 1 rings (SSSR count). The fraction of sp³-hybridized carbons (Fsp3) is 0.429. The number of ketones is 1. The molecule has 0 bridgehead atoms. The fourth-order valence-corrected chi connectivity index (χ4v) is 1.78. The molecule has 0 N–H and O–H groups in total. The topological polar surface area (TPSA) is 39.2 Å². The Morgan fingerprint density at radius 3 is 3.08 bits per heavy atom. The number of nitrogens with zero attached hydrogens (tertiary/aromatic N) is 1. The summed E-state index contributed by atoms with van der Waals surface area (Å²) in [6.07, 6.45) is 1.97. The number of hydrogen-bond acceptors (Lipinski definition) is 4. The Hall–Kier alpha value is -0.450. The van der Waals surface area contributed by atoms with Gasteiger partial charge in [0.1, 0.15) is 6.61 Å². The SMILES string of the molecule is COCC(=O)Cc1cnc(Cl)s1. The molecule has 66 valence electrons. The van der Waals surface area contributed by atoms with Crippen LogP contribution in [0, 0.1) is 0 Å². The van der Waals surface area contributed by atoms with Crippen LogP contribution in [0.25, 0.3) is 0 Å². The lowest BCUT2D eigenvalue weighted by atomic mass is 10.3. The zero-order chi connectivity index (χ0) is 8.97. The van der Waals surface area contributed by atoms with Crippen LogP contribution in [-0.2, 0) is 16.0 Å². The summed E-state index contributed by atoms with van der Waals surface area (Å²) < 4.78 is 5.15. The Morgan fingerprint density at radius 1 is 1.83 bits per heavy atom. The molecule has 0 atom stereocenters. The first-order valence-corrected chi connectivity index (χ1v) is 4.52. The van der Waals surface area contributed by atoms with Crippen LogP contribution in [0.3, 0.4) is 0 Å². The van der Waals surface area contributed by atoms with Gasteiger partial charge in [0, 0.05) is 24.6 Å². The van der Waals surface area contributed by atoms with Gasteiger partial charge in [-0.15, -0.1) is 11.3 Å². The summed E-state index contributed by atoms with van der Waals surface area (Å²) in [6.45, 7) is 0.148. The van der Waals surface area contributed by atoms with Gasteiger partial charge in [-0.2, -0.15) is 0 Å². The zero-order valence-electron chi connectivity index (χ0n) is 6.54. The van der Waals surface area contributed by atoms with Crippen molar-refractivity contribution in [3.05, 3.63) is 15.5 Å². The van der Waals surface area contributed by atoms with Crippen LogP contribution in [0.5, 0.6) is 0 Å². The smallest absolute Gasteiger partial charge is 0.183 e. The van der Waals surface area contributed by atoms with Gasteiger partial charge in [-0.05, 0) is 0 Å². The lowest BCUT2D eigenvalue weighted by Crippen LogP contribution is -2.08. The summed E-state index contributed by atoms with van der Waals surface area (Å²) in [7, 11) is 1.50. The normalized spacial score (nSPS) is 10.2. The minimum atomic E-state index is 0.0396. The lowest BCUT2D eigenvalue weighted by molar-refractivity contribution is -0.121. The molecule has 1 aromatic heterocycles. The summed E-state index contributed by atoms with van der Waals surface area (Å²) in [5, 5.41) is 0. The Labute approximate surface area is 79.3 Å². The Bertz CT molecular complexity index is 274. The van der Waals surface area contributed by atoms with Gasteiger partial charge in [-0.1, -0.05) is 11.6 Å². The molecule has 0 spiro atoms. The van der Waals surface area contributed by atoms with Gasteiger partial charge in [-0.3, -0.25) is 4.79 Å². The third-order valence-electron chi connectivity index (χ3n) is 1.20. The molecule has 1 heterocycles. The Kier molecular flexibility index (Phi) is 3.65. The van der Waals surface area contributed by atoms with Gasteiger partial charge in [0.05, 0.1) is 0 Å². The molecule has 0 amide bonds. The minimum absolute atomic E-state index is 0.0396. The monoisotopic (exact) mass is 205 g/mol. The molecule has 0 saturated carbocycles. The molecule has 0 saturated heterocycles. The van der Waals surface area contributed by atoms with E-state index >= 15 is 0 Å². The van der Waals surface area contributed by atoms with Gasteiger partial charge in [-0.25, -0.2) is 4.98 Å². The first kappa shape index (κ1) is 9.64. The zero-order valence-corrected chi connectivity index (χ0v) is 8.11. The van der Waals surface area contributed by atoms with Crippen molar-refractivity contribution in [2.45, 2.75) is 6.42 Å². The van der Waals surface area contributed by atoms with Crippen molar-refractivity contribution in [3.8, 4) is 0 Å². The number of carbonyl (C=O) groups is 1. The van der Waals surface area contributed by atoms with Crippen LogP contribution >= 0.6 is 22.9 Å². The van der Waals surface area contributed by atoms with E-state index in [9.17, 15) is 4.79 Å². The summed E-state index contributed by atoms with van der Waals surface area (Å²) in [5.41, 5.74) is 0. The number of halogens is 1. The molecule has 0 aliphatic carbocycles. The highest BCUT2D eigenvalue weighted by molar-refractivity contribution is 7.15. The number of Topliss-reactive ketones (excluding diaryl/α,β-unsaturated/α-hetero) is 1. The molecule has 0 unspecified atom stereocenters. The van der Waals surface area contributed by atoms with E-state index in [1.165, 1.54) is 18.4 Å². The van der Waals surface area contributed by atoms with Crippen LogP contribution in [0.4, 0.5) is 0 Å². The molecule has 0 aliphatic rings. The molecular weight excluding hydrogens is 198 g/mol. The van der Waals surface area contributed by atoms with Crippen LogP contribution in [0.15, 0.2) is 6.20 Å². The maximum Gasteiger partial charge on any atom is 0.183 e. The number of methoxy groups -OCH3 is 1. The highest BCUT2D eigenvalue weighted by Gasteiger charge is 2.05. The molecule has 0 radical (unpaired) electrons. The molecule has 0 aliphatic heterocycles. The molecule has 12 heavy (non-hydrogen) atoms. The van der Waals surface area contributed by atoms with E-state index in [1.807, 2.05) is 0 Å². The van der Waals surface area contributed by atoms with Crippen molar-refractivity contribution in [1.82, 2.24) is 4.98 Å². The van der Waals surface area contributed by atoms with Crippen LogP contribution in [0.2, 0.25) is 4.47 Å². The van der Waals surface area contributed by atoms with Crippen LogP contribution < -0.4 is 0 Å². The van der Waals surface area contributed by atoms with E-state index in [0.717, 1.165) is 4.88 Å².